The van der Waals surface area contributed by atoms with E-state index in [2.05, 4.69) is 27.6 Å². The van der Waals surface area contributed by atoms with Gasteiger partial charge in [-0.15, -0.1) is 10.2 Å². The first-order valence-corrected chi connectivity index (χ1v) is 9.47. The number of hydrazine groups is 1. The Bertz CT molecular complexity index is 916. The van der Waals surface area contributed by atoms with E-state index in [-0.39, 0.29) is 11.7 Å². The molecule has 0 aliphatic heterocycles. The Morgan fingerprint density at radius 1 is 1.22 bits per heavy atom. The Morgan fingerprint density at radius 3 is 2.67 bits per heavy atom. The van der Waals surface area contributed by atoms with E-state index in [4.69, 9.17) is 4.42 Å². The van der Waals surface area contributed by atoms with Gasteiger partial charge in [0.1, 0.15) is 0 Å². The topological polar surface area (TPSA) is 85.0 Å². The van der Waals surface area contributed by atoms with Gasteiger partial charge in [-0.1, -0.05) is 48.2 Å². The molecule has 3 rings (SSSR count). The first-order valence-electron chi connectivity index (χ1n) is 8.49. The van der Waals surface area contributed by atoms with Gasteiger partial charge in [-0.3, -0.25) is 15.6 Å². The summed E-state index contributed by atoms with van der Waals surface area (Å²) in [6, 6.07) is 11.6. The van der Waals surface area contributed by atoms with Crippen molar-refractivity contribution in [3.63, 3.8) is 0 Å². The number of rotatable bonds is 8. The monoisotopic (exact) mass is 383 g/mol. The minimum absolute atomic E-state index is 0.199. The van der Waals surface area contributed by atoms with E-state index < -0.39 is 0 Å². The molecule has 8 heteroatoms. The van der Waals surface area contributed by atoms with Crippen LogP contribution in [0.3, 0.4) is 0 Å². The summed E-state index contributed by atoms with van der Waals surface area (Å²) in [5.41, 5.74) is 8.01. The van der Waals surface area contributed by atoms with Crippen molar-refractivity contribution >= 4 is 23.4 Å². The molecule has 140 valence electrons. The molecule has 2 N–H and O–H groups in total. The standard InChI is InChI=1S/C19H21N5O2S/c1-4-24-18(15-9-7-13(2)8-10-15)22-23-19(24)27-12-17(25)21-20-14(3)16-6-5-11-26-16/h5-11,20H,3-4,12H2,1-2H3,(H,21,25). The van der Waals surface area contributed by atoms with Crippen LogP contribution in [-0.4, -0.2) is 26.4 Å². The van der Waals surface area contributed by atoms with E-state index in [1.807, 2.05) is 42.7 Å². The van der Waals surface area contributed by atoms with Crippen molar-refractivity contribution in [2.24, 2.45) is 0 Å². The van der Waals surface area contributed by atoms with Gasteiger partial charge in [0, 0.05) is 12.1 Å². The molecule has 0 spiro atoms. The number of hydrogen-bond acceptors (Lipinski definition) is 6. The lowest BCUT2D eigenvalue weighted by molar-refractivity contribution is -0.119. The summed E-state index contributed by atoms with van der Waals surface area (Å²) in [4.78, 5) is 12.1. The van der Waals surface area contributed by atoms with E-state index in [0.717, 1.165) is 11.4 Å². The maximum Gasteiger partial charge on any atom is 0.248 e. The molecule has 0 bridgehead atoms. The number of nitrogens with zero attached hydrogens (tertiary/aromatic N) is 3. The van der Waals surface area contributed by atoms with Crippen molar-refractivity contribution in [2.75, 3.05) is 5.75 Å². The second-order valence-corrected chi connectivity index (χ2v) is 6.78. The van der Waals surface area contributed by atoms with E-state index in [0.29, 0.717) is 23.2 Å². The molecule has 2 aromatic heterocycles. The Hall–Kier alpha value is -3.00. The number of nitrogens with one attached hydrogen (secondary N) is 2. The molecule has 2 heterocycles. The van der Waals surface area contributed by atoms with Gasteiger partial charge in [-0.2, -0.15) is 0 Å². The number of furan rings is 1. The molecule has 0 unspecified atom stereocenters. The molecule has 1 aromatic carbocycles. The van der Waals surface area contributed by atoms with Crippen LogP contribution in [-0.2, 0) is 11.3 Å². The van der Waals surface area contributed by atoms with Crippen LogP contribution in [0, 0.1) is 6.92 Å². The number of benzene rings is 1. The van der Waals surface area contributed by atoms with Crippen molar-refractivity contribution in [3.05, 3.63) is 60.6 Å². The number of amides is 1. The molecule has 0 radical (unpaired) electrons. The fourth-order valence-corrected chi connectivity index (χ4v) is 3.22. The Balaban J connectivity index is 1.58. The second kappa shape index (κ2) is 8.59. The highest BCUT2D eigenvalue weighted by Gasteiger charge is 2.14. The van der Waals surface area contributed by atoms with Crippen molar-refractivity contribution in [2.45, 2.75) is 25.5 Å². The summed E-state index contributed by atoms with van der Waals surface area (Å²) >= 11 is 1.33. The number of hydrogen-bond donors (Lipinski definition) is 2. The molecule has 0 aliphatic carbocycles. The summed E-state index contributed by atoms with van der Waals surface area (Å²) in [5.74, 6) is 1.36. The maximum atomic E-state index is 12.1. The van der Waals surface area contributed by atoms with Crippen LogP contribution in [0.25, 0.3) is 17.1 Å². The van der Waals surface area contributed by atoms with Gasteiger partial charge in [-0.05, 0) is 26.0 Å². The van der Waals surface area contributed by atoms with Gasteiger partial charge in [0.25, 0.3) is 0 Å². The SMILES string of the molecule is C=C(NNC(=O)CSc1nnc(-c2ccc(C)cc2)n1CC)c1ccco1. The highest BCUT2D eigenvalue weighted by molar-refractivity contribution is 7.99. The zero-order valence-corrected chi connectivity index (χ0v) is 16.0. The fraction of sp³-hybridized carbons (Fsp3) is 0.211. The normalized spacial score (nSPS) is 10.6. The predicted molar refractivity (Wildman–Crippen MR) is 106 cm³/mol. The first-order chi connectivity index (χ1) is 13.1. The summed E-state index contributed by atoms with van der Waals surface area (Å²) in [7, 11) is 0. The third-order valence-electron chi connectivity index (χ3n) is 3.85. The molecule has 7 nitrogen and oxygen atoms in total. The first kappa shape index (κ1) is 18.8. The smallest absolute Gasteiger partial charge is 0.248 e. The van der Waals surface area contributed by atoms with Crippen LogP contribution in [0.5, 0.6) is 0 Å². The van der Waals surface area contributed by atoms with E-state index in [9.17, 15) is 4.79 Å². The lowest BCUT2D eigenvalue weighted by Gasteiger charge is -2.10. The molecule has 1 amide bonds. The number of aromatic nitrogens is 3. The summed E-state index contributed by atoms with van der Waals surface area (Å²) in [5, 5.41) is 9.23. The number of carbonyl (C=O) groups excluding carboxylic acids is 1. The van der Waals surface area contributed by atoms with Gasteiger partial charge in [0.15, 0.2) is 16.7 Å². The minimum Gasteiger partial charge on any atom is -0.463 e. The highest BCUT2D eigenvalue weighted by atomic mass is 32.2. The zero-order chi connectivity index (χ0) is 19.2. The van der Waals surface area contributed by atoms with Gasteiger partial charge >= 0.3 is 0 Å². The van der Waals surface area contributed by atoms with Gasteiger partial charge in [0.2, 0.25) is 5.91 Å². The maximum absolute atomic E-state index is 12.1. The molecule has 27 heavy (non-hydrogen) atoms. The van der Waals surface area contributed by atoms with Crippen LogP contribution in [0.2, 0.25) is 0 Å². The molecule has 3 aromatic rings. The van der Waals surface area contributed by atoms with Crippen LogP contribution < -0.4 is 10.9 Å². The molecule has 0 aliphatic rings. The Kier molecular flexibility index (Phi) is 5.97. The molecular formula is C19H21N5O2S. The molecule has 0 saturated heterocycles. The van der Waals surface area contributed by atoms with Crippen LogP contribution in [0.4, 0.5) is 0 Å². The summed E-state index contributed by atoms with van der Waals surface area (Å²) in [6.07, 6.45) is 1.54. The lowest BCUT2D eigenvalue weighted by atomic mass is 10.1. The predicted octanol–water partition coefficient (Wildman–Crippen LogP) is 3.25. The third-order valence-corrected chi connectivity index (χ3v) is 4.81. The fourth-order valence-electron chi connectivity index (χ4n) is 2.42. The highest BCUT2D eigenvalue weighted by Crippen LogP contribution is 2.24. The lowest BCUT2D eigenvalue weighted by Crippen LogP contribution is -2.37. The average molecular weight is 383 g/mol. The van der Waals surface area contributed by atoms with Crippen molar-refractivity contribution in [1.82, 2.24) is 25.6 Å². The van der Waals surface area contributed by atoms with Crippen molar-refractivity contribution in [1.29, 1.82) is 0 Å². The Morgan fingerprint density at radius 2 is 2.00 bits per heavy atom. The van der Waals surface area contributed by atoms with Gasteiger partial charge < -0.3 is 8.98 Å². The van der Waals surface area contributed by atoms with Gasteiger partial charge in [-0.25, -0.2) is 0 Å². The van der Waals surface area contributed by atoms with Crippen molar-refractivity contribution < 1.29 is 9.21 Å². The zero-order valence-electron chi connectivity index (χ0n) is 15.2. The largest absolute Gasteiger partial charge is 0.463 e. The molecule has 0 atom stereocenters. The Labute approximate surface area is 161 Å². The number of carbonyl (C=O) groups is 1. The van der Waals surface area contributed by atoms with E-state index in [1.165, 1.54) is 17.3 Å². The third kappa shape index (κ3) is 4.59. The van der Waals surface area contributed by atoms with Crippen LogP contribution in [0.1, 0.15) is 18.2 Å². The number of aryl methyl sites for hydroxylation is 1. The quantitative estimate of drug-likeness (QED) is 0.459. The average Bonchev–Trinajstić information content (AvgIpc) is 3.34. The van der Waals surface area contributed by atoms with E-state index >= 15 is 0 Å². The van der Waals surface area contributed by atoms with Crippen molar-refractivity contribution in [3.8, 4) is 11.4 Å². The number of thioether (sulfide) groups is 1. The second-order valence-electron chi connectivity index (χ2n) is 5.83. The van der Waals surface area contributed by atoms with Crippen LogP contribution >= 0.6 is 11.8 Å². The summed E-state index contributed by atoms with van der Waals surface area (Å²) < 4.78 is 7.20. The molecular weight excluding hydrogens is 362 g/mol. The molecule has 0 saturated carbocycles. The van der Waals surface area contributed by atoms with E-state index in [1.54, 1.807) is 18.4 Å². The van der Waals surface area contributed by atoms with Crippen LogP contribution in [0.15, 0.2) is 58.8 Å². The summed E-state index contributed by atoms with van der Waals surface area (Å²) in [6.45, 7) is 8.59. The minimum atomic E-state index is -0.199. The van der Waals surface area contributed by atoms with Gasteiger partial charge in [0.05, 0.1) is 17.7 Å². The molecule has 0 fully saturated rings.